The predicted molar refractivity (Wildman–Crippen MR) is 330 cm³/mol. The maximum absolute atomic E-state index is 14.6. The van der Waals surface area contributed by atoms with E-state index < -0.39 is 151 Å². The zero-order chi connectivity index (χ0) is 66.6. The number of nitrogens with two attached hydrogens (primary N) is 4. The van der Waals surface area contributed by atoms with Crippen LogP contribution in [-0.4, -0.2) is 193 Å². The first-order valence-corrected chi connectivity index (χ1v) is 31.1. The number of hydrogen-bond acceptors (Lipinski definition) is 18. The average molecular weight is 1260 g/mol. The van der Waals surface area contributed by atoms with Crippen molar-refractivity contribution in [3.05, 3.63) is 35.9 Å². The molecule has 0 aromatic heterocycles. The molecule has 0 radical (unpaired) electrons. The molecule has 1 saturated heterocycles. The number of amides is 12. The van der Waals surface area contributed by atoms with Gasteiger partial charge < -0.3 is 96.9 Å². The highest BCUT2D eigenvalue weighted by molar-refractivity contribution is 5.99. The third kappa shape index (κ3) is 29.2. The van der Waals surface area contributed by atoms with Gasteiger partial charge in [0, 0.05) is 32.4 Å². The maximum atomic E-state index is 14.6. The molecule has 1 heterocycles. The van der Waals surface area contributed by atoms with E-state index in [1.54, 1.807) is 51.1 Å². The van der Waals surface area contributed by atoms with Crippen LogP contribution in [0.1, 0.15) is 143 Å². The van der Waals surface area contributed by atoms with Crippen LogP contribution in [0.2, 0.25) is 0 Å². The van der Waals surface area contributed by atoms with Crippen molar-refractivity contribution < 1.29 is 67.7 Å². The van der Waals surface area contributed by atoms with Crippen molar-refractivity contribution in [2.75, 3.05) is 39.3 Å². The van der Waals surface area contributed by atoms with E-state index >= 15 is 0 Å². The summed E-state index contributed by atoms with van der Waals surface area (Å²) < 4.78 is 0. The fraction of sp³-hybridized carbons (Fsp3) is 0.695. The third-order valence-electron chi connectivity index (χ3n) is 14.6. The van der Waals surface area contributed by atoms with Gasteiger partial charge in [-0.05, 0) is 103 Å². The highest BCUT2D eigenvalue weighted by atomic mass is 16.3. The molecular weight excluding hydrogens is 1160 g/mol. The van der Waals surface area contributed by atoms with E-state index in [1.165, 1.54) is 13.8 Å². The molecule has 89 heavy (non-hydrogen) atoms. The summed E-state index contributed by atoms with van der Waals surface area (Å²) in [5, 5.41) is 52.5. The second kappa shape index (κ2) is 42.5. The molecule has 1 aromatic carbocycles. The molecule has 0 bridgehead atoms. The molecule has 2 rings (SSSR count). The third-order valence-corrected chi connectivity index (χ3v) is 14.6. The van der Waals surface area contributed by atoms with E-state index in [0.29, 0.717) is 12.0 Å². The van der Waals surface area contributed by atoms with Crippen LogP contribution in [0.25, 0.3) is 0 Å². The van der Waals surface area contributed by atoms with Crippen LogP contribution in [0, 0.1) is 5.92 Å². The number of unbranched alkanes of at least 4 members (excludes halogenated alkanes) is 5. The maximum Gasteiger partial charge on any atom is 0.245 e. The summed E-state index contributed by atoms with van der Waals surface area (Å²) in [7, 11) is 0. The van der Waals surface area contributed by atoms with Crippen LogP contribution in [0.4, 0.5) is 0 Å². The van der Waals surface area contributed by atoms with Gasteiger partial charge in [-0.15, -0.1) is 0 Å². The topological polar surface area (TPSA) is 494 Å². The van der Waals surface area contributed by atoms with Gasteiger partial charge in [-0.25, -0.2) is 0 Å². The molecule has 502 valence electrons. The standard InChI is InChI=1S/C59H102N16O14/c1-7-9-10-11-12-16-19-47(79)66-42(24-30-64-46(78)8-2)55(85)75-49(36(6)77)59(89)71-40(22-28-62)51(81)70-43-25-31-65-58(88)48(35(5)76)74-54(84)41(23-29-63)68-50(80)38(20-26-60)69-56(86)44(32-34(3)4)72-57(87)45(33-37-17-14-13-15-18-37)73-52(82)39(21-27-61)67-53(43)83/h13-15,17-18,34-36,38-45,48-49,76-77H,7-12,16,19-33,60-63H2,1-6H3,(H,64,78)(H,65,88)(H,66,79)(H,67,83)(H,68,80)(H,69,86)(H,70,81)(H,71,89)(H,72,87)(H,73,82)(H,74,84)(H,75,85)/t35-,36-,38+,39+,40+,41+,42+,43+,44+,45-,48+,49+/m1/s1. The zero-order valence-corrected chi connectivity index (χ0v) is 52.6. The monoisotopic (exact) mass is 1260 g/mol. The number of benzene rings is 1. The Morgan fingerprint density at radius 2 is 1.08 bits per heavy atom. The lowest BCUT2D eigenvalue weighted by Gasteiger charge is -2.29. The first-order chi connectivity index (χ1) is 42.3. The Kier molecular flexibility index (Phi) is 37.1. The molecule has 30 nitrogen and oxygen atoms in total. The van der Waals surface area contributed by atoms with E-state index in [4.69, 9.17) is 22.9 Å². The van der Waals surface area contributed by atoms with Gasteiger partial charge in [0.2, 0.25) is 70.9 Å². The van der Waals surface area contributed by atoms with Gasteiger partial charge in [0.05, 0.1) is 12.2 Å². The Bertz CT molecular complexity index is 2440. The number of carbonyl (C=O) groups is 12. The molecule has 0 aliphatic carbocycles. The second-order valence-corrected chi connectivity index (χ2v) is 22.7. The lowest BCUT2D eigenvalue weighted by atomic mass is 10.00. The Labute approximate surface area is 521 Å². The Morgan fingerprint density at radius 1 is 0.562 bits per heavy atom. The van der Waals surface area contributed by atoms with E-state index in [9.17, 15) is 67.7 Å². The van der Waals surface area contributed by atoms with Gasteiger partial charge >= 0.3 is 0 Å². The van der Waals surface area contributed by atoms with Crippen molar-refractivity contribution in [3.8, 4) is 0 Å². The van der Waals surface area contributed by atoms with Gasteiger partial charge in [0.25, 0.3) is 0 Å². The predicted octanol–water partition coefficient (Wildman–Crippen LogP) is -4.53. The van der Waals surface area contributed by atoms with Gasteiger partial charge in [-0.2, -0.15) is 0 Å². The van der Waals surface area contributed by atoms with Crippen molar-refractivity contribution in [2.45, 2.75) is 217 Å². The highest BCUT2D eigenvalue weighted by Crippen LogP contribution is 2.12. The molecule has 1 aliphatic rings. The molecule has 12 atom stereocenters. The summed E-state index contributed by atoms with van der Waals surface area (Å²) in [6.45, 7) is 8.45. The van der Waals surface area contributed by atoms with Crippen molar-refractivity contribution in [1.82, 2.24) is 63.8 Å². The number of aliphatic hydroxyl groups is 2. The molecule has 0 saturated carbocycles. The van der Waals surface area contributed by atoms with Gasteiger partial charge in [0.15, 0.2) is 0 Å². The number of hydrogen-bond donors (Lipinski definition) is 18. The van der Waals surface area contributed by atoms with E-state index in [2.05, 4.69) is 70.7 Å². The van der Waals surface area contributed by atoms with E-state index in [-0.39, 0.29) is 102 Å². The fourth-order valence-electron chi connectivity index (χ4n) is 9.52. The zero-order valence-electron chi connectivity index (χ0n) is 52.6. The minimum absolute atomic E-state index is 0.0284. The van der Waals surface area contributed by atoms with Crippen LogP contribution >= 0.6 is 0 Å². The minimum atomic E-state index is -1.75. The minimum Gasteiger partial charge on any atom is -0.391 e. The molecular formula is C59H102N16O14. The first kappa shape index (κ1) is 77.7. The summed E-state index contributed by atoms with van der Waals surface area (Å²) in [6.07, 6.45) is 0.947. The molecule has 22 N–H and O–H groups in total. The van der Waals surface area contributed by atoms with Crippen LogP contribution in [0.15, 0.2) is 30.3 Å². The van der Waals surface area contributed by atoms with E-state index in [1.807, 2.05) is 0 Å². The number of rotatable bonds is 32. The van der Waals surface area contributed by atoms with Gasteiger partial charge in [-0.1, -0.05) is 90.1 Å². The smallest absolute Gasteiger partial charge is 0.245 e. The summed E-state index contributed by atoms with van der Waals surface area (Å²) in [5.74, 6) is -10.5. The Hall–Kier alpha value is -7.38. The SMILES string of the molecule is CCCCCCCCC(=O)N[C@@H](CCNC(=O)CC)C(=O)N[C@H](C(=O)N[C@@H](CCN)C(=O)N[C@H]1CCNC(=O)[C@H]([C@@H](C)O)NC(=O)[C@H](CCN)NC(=O)[C@H](CCN)NC(=O)[C@H](CC(C)C)NC(=O)[C@@H](Cc2ccccc2)NC(=O)[C@H](CCN)NC1=O)[C@@H](C)O. The van der Waals surface area contributed by atoms with Crippen molar-refractivity contribution in [2.24, 2.45) is 28.9 Å². The number of nitrogens with one attached hydrogen (secondary N) is 12. The second-order valence-electron chi connectivity index (χ2n) is 22.7. The van der Waals surface area contributed by atoms with Gasteiger partial charge in [0.1, 0.15) is 60.4 Å². The van der Waals surface area contributed by atoms with E-state index in [0.717, 1.165) is 32.1 Å². The summed E-state index contributed by atoms with van der Waals surface area (Å²) >= 11 is 0. The highest BCUT2D eigenvalue weighted by Gasteiger charge is 2.38. The van der Waals surface area contributed by atoms with Crippen LogP contribution in [-0.2, 0) is 64.0 Å². The average Bonchev–Trinajstić information content (AvgIpc) is 3.10. The van der Waals surface area contributed by atoms with Crippen LogP contribution < -0.4 is 86.7 Å². The Balaban J connectivity index is 2.69. The Morgan fingerprint density at radius 3 is 1.62 bits per heavy atom. The van der Waals surface area contributed by atoms with Crippen molar-refractivity contribution in [1.29, 1.82) is 0 Å². The first-order valence-electron chi connectivity index (χ1n) is 31.1. The molecule has 1 fully saturated rings. The quantitative estimate of drug-likeness (QED) is 0.0302. The van der Waals surface area contributed by atoms with Crippen molar-refractivity contribution in [3.63, 3.8) is 0 Å². The molecule has 12 amide bonds. The number of carbonyl (C=O) groups excluding carboxylic acids is 12. The molecule has 0 spiro atoms. The van der Waals surface area contributed by atoms with Gasteiger partial charge in [-0.3, -0.25) is 57.5 Å². The van der Waals surface area contributed by atoms with Crippen LogP contribution in [0.3, 0.4) is 0 Å². The largest absolute Gasteiger partial charge is 0.391 e. The molecule has 30 heteroatoms. The summed E-state index contributed by atoms with van der Waals surface area (Å²) in [5.41, 5.74) is 24.2. The summed E-state index contributed by atoms with van der Waals surface area (Å²) in [6, 6.07) is -6.50. The molecule has 0 unspecified atom stereocenters. The normalized spacial score (nSPS) is 21.9. The fourth-order valence-corrected chi connectivity index (χ4v) is 9.52. The number of aliphatic hydroxyl groups excluding tert-OH is 2. The molecule has 1 aliphatic heterocycles. The van der Waals surface area contributed by atoms with Crippen LogP contribution in [0.5, 0.6) is 0 Å². The lowest BCUT2D eigenvalue weighted by molar-refractivity contribution is -0.137. The molecule has 1 aromatic rings. The summed E-state index contributed by atoms with van der Waals surface area (Å²) in [4.78, 5) is 167. The lowest BCUT2D eigenvalue weighted by Crippen LogP contribution is -2.62. The van der Waals surface area contributed by atoms with Crippen molar-refractivity contribution >= 4 is 70.9 Å².